The molecule has 9 amide bonds. The molecule has 0 aliphatic carbocycles. The third kappa shape index (κ3) is 41.2. The molecule has 0 spiro atoms. The molecule has 3 N–H and O–H groups in total. The maximum absolute atomic E-state index is 12.1. The van der Waals surface area contributed by atoms with Gasteiger partial charge in [0.15, 0.2) is 17.3 Å². The number of ketones is 3. The summed E-state index contributed by atoms with van der Waals surface area (Å²) >= 11 is 0. The summed E-state index contributed by atoms with van der Waals surface area (Å²) in [5, 5.41) is 7.85. The smallest absolute Gasteiger partial charge is 0.246 e. The van der Waals surface area contributed by atoms with Crippen molar-refractivity contribution in [1.82, 2.24) is 45.3 Å². The molecule has 0 unspecified atom stereocenters. The van der Waals surface area contributed by atoms with Crippen molar-refractivity contribution in [2.45, 2.75) is 77.0 Å². The fraction of sp³-hybridized carbons (Fsp3) is 0.429. The van der Waals surface area contributed by atoms with E-state index in [0.29, 0.717) is 162 Å². The Hall–Kier alpha value is -8.88. The Labute approximate surface area is 498 Å². The van der Waals surface area contributed by atoms with Crippen LogP contribution in [0.15, 0.2) is 152 Å². The van der Waals surface area contributed by atoms with Crippen molar-refractivity contribution in [2.24, 2.45) is 0 Å². The second-order valence-electron chi connectivity index (χ2n) is 18.1. The number of allylic oxidation sites excluding steroid dienone is 3. The van der Waals surface area contributed by atoms with Crippen LogP contribution in [0.3, 0.4) is 0 Å². The van der Waals surface area contributed by atoms with Crippen LogP contribution in [0.2, 0.25) is 0 Å². The van der Waals surface area contributed by atoms with Gasteiger partial charge in [0.25, 0.3) is 0 Å². The molecule has 0 rings (SSSR count). The molecule has 0 saturated carbocycles. The summed E-state index contributed by atoms with van der Waals surface area (Å²) in [5.74, 6) is -2.22. The maximum atomic E-state index is 12.1. The summed E-state index contributed by atoms with van der Waals surface area (Å²) < 4.78 is 0. The van der Waals surface area contributed by atoms with Crippen molar-refractivity contribution in [3.63, 3.8) is 0 Å². The van der Waals surface area contributed by atoms with Gasteiger partial charge in [-0.2, -0.15) is 0 Å². The highest BCUT2D eigenvalue weighted by atomic mass is 16.2. The fourth-order valence-electron chi connectivity index (χ4n) is 7.35. The molecule has 0 aromatic carbocycles. The van der Waals surface area contributed by atoms with Crippen LogP contribution in [0.4, 0.5) is 0 Å². The zero-order valence-electron chi connectivity index (χ0n) is 49.6. The first-order valence-corrected chi connectivity index (χ1v) is 27.8. The topological polar surface area (TPSA) is 260 Å². The molecular formula is C63H93N9O12. The number of carbonyl (C=O) groups excluding carboxylic acids is 12. The van der Waals surface area contributed by atoms with E-state index in [9.17, 15) is 57.5 Å². The number of nitrogens with zero attached hydrogens (tertiary/aromatic N) is 6. The Morgan fingerprint density at radius 2 is 0.440 bits per heavy atom. The van der Waals surface area contributed by atoms with Gasteiger partial charge in [0.2, 0.25) is 53.2 Å². The van der Waals surface area contributed by atoms with Gasteiger partial charge in [0.1, 0.15) is 0 Å². The van der Waals surface area contributed by atoms with Crippen LogP contribution in [0, 0.1) is 0 Å². The van der Waals surface area contributed by atoms with Crippen LogP contribution in [0.25, 0.3) is 0 Å². The zero-order chi connectivity index (χ0) is 64.1. The summed E-state index contributed by atoms with van der Waals surface area (Å²) in [6, 6.07) is 0. The molecule has 0 radical (unpaired) electrons. The van der Waals surface area contributed by atoms with Crippen LogP contribution in [-0.4, -0.2) is 198 Å². The Bertz CT molecular complexity index is 2140. The molecule has 0 heterocycles. The van der Waals surface area contributed by atoms with E-state index >= 15 is 0 Å². The number of unbranched alkanes of at least 4 members (excludes halogenated alkanes) is 3. The van der Waals surface area contributed by atoms with Crippen molar-refractivity contribution < 1.29 is 57.5 Å². The largest absolute Gasteiger partial charge is 0.353 e. The van der Waals surface area contributed by atoms with Crippen LogP contribution in [0.5, 0.6) is 0 Å². The van der Waals surface area contributed by atoms with Gasteiger partial charge in [0.05, 0.1) is 0 Å². The van der Waals surface area contributed by atoms with Crippen LogP contribution in [0.1, 0.15) is 77.0 Å². The van der Waals surface area contributed by atoms with E-state index in [2.05, 4.69) is 94.9 Å². The van der Waals surface area contributed by atoms with E-state index in [1.54, 1.807) is 19.6 Å². The summed E-state index contributed by atoms with van der Waals surface area (Å²) in [6.07, 6.45) is 21.9. The highest BCUT2D eigenvalue weighted by Crippen LogP contribution is 2.08. The Morgan fingerprint density at radius 3 is 0.679 bits per heavy atom. The van der Waals surface area contributed by atoms with Gasteiger partial charge in [-0.25, -0.2) is 0 Å². The first-order valence-electron chi connectivity index (χ1n) is 27.8. The predicted molar refractivity (Wildman–Crippen MR) is 331 cm³/mol. The monoisotopic (exact) mass is 1170 g/mol. The Kier molecular flexibility index (Phi) is 49.3. The summed E-state index contributed by atoms with van der Waals surface area (Å²) in [4.78, 5) is 149. The van der Waals surface area contributed by atoms with E-state index in [-0.39, 0.29) is 83.6 Å². The molecular weight excluding hydrogens is 1070 g/mol. The molecule has 0 aromatic heterocycles. The van der Waals surface area contributed by atoms with Crippen molar-refractivity contribution in [3.05, 3.63) is 152 Å². The molecule has 0 aliphatic heterocycles. The van der Waals surface area contributed by atoms with E-state index in [4.69, 9.17) is 0 Å². The first-order chi connectivity index (χ1) is 40.2. The van der Waals surface area contributed by atoms with Gasteiger partial charge in [0, 0.05) is 117 Å². The minimum atomic E-state index is -0.315. The van der Waals surface area contributed by atoms with E-state index in [1.165, 1.54) is 70.6 Å². The summed E-state index contributed by atoms with van der Waals surface area (Å²) in [6.45, 7) is 47.5. The van der Waals surface area contributed by atoms with Crippen LogP contribution in [-0.2, 0) is 57.5 Å². The highest BCUT2D eigenvalue weighted by molar-refractivity contribution is 5.92. The molecule has 0 bridgehead atoms. The summed E-state index contributed by atoms with van der Waals surface area (Å²) in [7, 11) is 0. The number of carbonyl (C=O) groups is 12. The lowest BCUT2D eigenvalue weighted by molar-refractivity contribution is -0.130. The molecule has 0 aromatic rings. The molecule has 21 heteroatoms. The van der Waals surface area contributed by atoms with Gasteiger partial charge in [-0.3, -0.25) is 57.5 Å². The van der Waals surface area contributed by atoms with Crippen molar-refractivity contribution in [2.75, 3.05) is 98.2 Å². The lowest BCUT2D eigenvalue weighted by Gasteiger charge is -2.27. The molecule has 462 valence electrons. The number of hydrogen-bond donors (Lipinski definition) is 3. The standard InChI is InChI=1S/C23H34N2O4.C21H31N3O4.C19H28N4O4/c1-5-20(26)14-9-11-16-24(22(28)7-3)18-13-19-25(23(29)8-4)17-12-10-15-21(27)6-2;1-5-18(25)12-9-10-14-23(20(27)7-3)16-17-24(21(28)8-4)15-11-13-22-19(26)6-2;1-5-16(24)20-10-14-22(18(26)7-3)12-9-13-23(19(27)8-4)15-11-21-17(25)6-2/h5-8H,1-4,9-19H2;5-8H,1-4,9-17H2,(H,22,26);5-8H,1-4,9-15H2,(H,20,24)(H,21,25). The fourth-order valence-corrected chi connectivity index (χ4v) is 7.35. The predicted octanol–water partition coefficient (Wildman–Crippen LogP) is 4.90. The second kappa shape index (κ2) is 52.2. The quantitative estimate of drug-likeness (QED) is 0.0543. The second-order valence-corrected chi connectivity index (χ2v) is 18.1. The van der Waals surface area contributed by atoms with Crippen molar-refractivity contribution in [1.29, 1.82) is 0 Å². The van der Waals surface area contributed by atoms with Gasteiger partial charge < -0.3 is 45.3 Å². The SMILES string of the molecule is C=CC(=O)CCCCN(CCCN(CCCCC(=O)C=C)C(=O)C=C)C(=O)C=C.C=CC(=O)CCCCN(CCN(CCCNC(=O)C=C)C(=O)C=C)C(=O)C=C.C=CC(=O)NCCN(CCCN(CCNC(=O)C=C)C(=O)C=C)C(=O)C=C. The van der Waals surface area contributed by atoms with Crippen molar-refractivity contribution >= 4 is 70.5 Å². The van der Waals surface area contributed by atoms with Crippen molar-refractivity contribution in [3.8, 4) is 0 Å². The van der Waals surface area contributed by atoms with Gasteiger partial charge in [-0.05, 0) is 131 Å². The summed E-state index contributed by atoms with van der Waals surface area (Å²) in [5.41, 5.74) is 0. The Morgan fingerprint density at radius 1 is 0.226 bits per heavy atom. The van der Waals surface area contributed by atoms with E-state index in [0.717, 1.165) is 12.2 Å². The lowest BCUT2D eigenvalue weighted by atomic mass is 10.1. The molecule has 21 nitrogen and oxygen atoms in total. The van der Waals surface area contributed by atoms with Gasteiger partial charge in [-0.15, -0.1) is 0 Å². The highest BCUT2D eigenvalue weighted by Gasteiger charge is 2.18. The Balaban J connectivity index is -0.00000117. The third-order valence-electron chi connectivity index (χ3n) is 12.1. The molecule has 0 atom stereocenters. The first kappa shape index (κ1) is 79.3. The molecule has 0 fully saturated rings. The minimum absolute atomic E-state index is 0.0000307. The van der Waals surface area contributed by atoms with E-state index < -0.39 is 0 Å². The number of amides is 9. The number of nitrogens with one attached hydrogen (secondary N) is 3. The van der Waals surface area contributed by atoms with Crippen LogP contribution >= 0.6 is 0 Å². The molecule has 0 aliphatic rings. The third-order valence-corrected chi connectivity index (χ3v) is 12.1. The lowest BCUT2D eigenvalue weighted by Crippen LogP contribution is -2.41. The average molecular weight is 1170 g/mol. The molecule has 0 saturated heterocycles. The minimum Gasteiger partial charge on any atom is -0.353 e. The zero-order valence-corrected chi connectivity index (χ0v) is 49.6. The number of hydrogen-bond acceptors (Lipinski definition) is 12. The molecule has 84 heavy (non-hydrogen) atoms. The van der Waals surface area contributed by atoms with E-state index in [1.807, 2.05) is 0 Å². The van der Waals surface area contributed by atoms with Gasteiger partial charge >= 0.3 is 0 Å². The normalized spacial score (nSPS) is 9.71. The average Bonchev–Trinajstić information content (AvgIpc) is 3.57. The van der Waals surface area contributed by atoms with Gasteiger partial charge in [-0.1, -0.05) is 78.9 Å². The maximum Gasteiger partial charge on any atom is 0.246 e. The number of rotatable bonds is 48. The van der Waals surface area contributed by atoms with Crippen LogP contribution < -0.4 is 16.0 Å².